The van der Waals surface area contributed by atoms with Crippen LogP contribution >= 0.6 is 0 Å². The first-order valence-electron chi connectivity index (χ1n) is 8.69. The van der Waals surface area contributed by atoms with Crippen molar-refractivity contribution in [3.63, 3.8) is 0 Å². The van der Waals surface area contributed by atoms with E-state index in [0.29, 0.717) is 11.6 Å². The maximum atomic E-state index is 12.6. The van der Waals surface area contributed by atoms with E-state index in [2.05, 4.69) is 39.2 Å². The van der Waals surface area contributed by atoms with Gasteiger partial charge in [-0.05, 0) is 42.9 Å². The topological polar surface area (TPSA) is 59.0 Å². The standard InChI is InChI=1S/C20H20N4O/c25-20(18-8-10-21-14-23-18)24-11-3-4-15(13-24)12-17-6-1-5-16-7-2-9-22-19(16)17/h1-2,5-10,14-15H,3-4,11-13H2/t15-/m1/s1. The SMILES string of the molecule is O=C(c1ccncn1)N1CCC[C@H](Cc2cccc3cccnc23)C1. The lowest BCUT2D eigenvalue weighted by Crippen LogP contribution is -2.40. The van der Waals surface area contributed by atoms with Crippen LogP contribution in [0.1, 0.15) is 28.9 Å². The van der Waals surface area contributed by atoms with Crippen LogP contribution in [0.15, 0.2) is 55.1 Å². The van der Waals surface area contributed by atoms with Crippen LogP contribution in [0.25, 0.3) is 10.9 Å². The van der Waals surface area contributed by atoms with Crippen LogP contribution in [0, 0.1) is 5.92 Å². The Kier molecular flexibility index (Phi) is 4.37. The molecule has 5 nitrogen and oxygen atoms in total. The third kappa shape index (κ3) is 3.36. The summed E-state index contributed by atoms with van der Waals surface area (Å²) in [6, 6.07) is 12.1. The van der Waals surface area contributed by atoms with Gasteiger partial charge in [-0.2, -0.15) is 0 Å². The molecule has 1 atom stereocenters. The first-order valence-corrected chi connectivity index (χ1v) is 8.69. The number of carbonyl (C=O) groups is 1. The summed E-state index contributed by atoms with van der Waals surface area (Å²) in [6.07, 6.45) is 8.00. The van der Waals surface area contributed by atoms with E-state index < -0.39 is 0 Å². The smallest absolute Gasteiger partial charge is 0.272 e. The number of hydrogen-bond acceptors (Lipinski definition) is 4. The highest BCUT2D eigenvalue weighted by atomic mass is 16.2. The number of pyridine rings is 1. The number of piperidine rings is 1. The number of amides is 1. The molecule has 3 heterocycles. The van der Waals surface area contributed by atoms with Crippen molar-refractivity contribution in [2.45, 2.75) is 19.3 Å². The van der Waals surface area contributed by atoms with E-state index in [-0.39, 0.29) is 5.91 Å². The summed E-state index contributed by atoms with van der Waals surface area (Å²) in [4.78, 5) is 27.1. The Morgan fingerprint density at radius 2 is 2.04 bits per heavy atom. The molecule has 2 aromatic heterocycles. The van der Waals surface area contributed by atoms with Crippen LogP contribution in [-0.4, -0.2) is 38.8 Å². The van der Waals surface area contributed by atoms with Gasteiger partial charge in [0, 0.05) is 30.9 Å². The number of likely N-dealkylation sites (tertiary alicyclic amines) is 1. The van der Waals surface area contributed by atoms with E-state index in [0.717, 1.165) is 37.9 Å². The second-order valence-electron chi connectivity index (χ2n) is 6.55. The number of benzene rings is 1. The highest BCUT2D eigenvalue weighted by molar-refractivity contribution is 5.92. The normalized spacial score (nSPS) is 17.6. The number of hydrogen-bond donors (Lipinski definition) is 0. The van der Waals surface area contributed by atoms with Crippen molar-refractivity contribution in [3.05, 3.63) is 66.4 Å². The molecule has 3 aromatic rings. The average molecular weight is 332 g/mol. The molecule has 0 bridgehead atoms. The van der Waals surface area contributed by atoms with Crippen molar-refractivity contribution in [3.8, 4) is 0 Å². The average Bonchev–Trinajstić information content (AvgIpc) is 2.69. The molecule has 126 valence electrons. The van der Waals surface area contributed by atoms with Crippen molar-refractivity contribution < 1.29 is 4.79 Å². The maximum absolute atomic E-state index is 12.6. The fraction of sp³-hybridized carbons (Fsp3) is 0.300. The van der Waals surface area contributed by atoms with Gasteiger partial charge in [0.15, 0.2) is 0 Å². The van der Waals surface area contributed by atoms with Crippen molar-refractivity contribution in [2.24, 2.45) is 5.92 Å². The summed E-state index contributed by atoms with van der Waals surface area (Å²) in [6.45, 7) is 1.57. The predicted molar refractivity (Wildman–Crippen MR) is 96.1 cm³/mol. The molecule has 1 amide bonds. The quantitative estimate of drug-likeness (QED) is 0.739. The molecule has 5 heteroatoms. The second-order valence-corrected chi connectivity index (χ2v) is 6.55. The highest BCUT2D eigenvalue weighted by Crippen LogP contribution is 2.25. The molecular weight excluding hydrogens is 312 g/mol. The third-order valence-corrected chi connectivity index (χ3v) is 4.83. The van der Waals surface area contributed by atoms with E-state index in [9.17, 15) is 4.79 Å². The van der Waals surface area contributed by atoms with E-state index in [1.807, 2.05) is 17.2 Å². The molecule has 1 aliphatic rings. The number of aromatic nitrogens is 3. The first kappa shape index (κ1) is 15.7. The molecule has 1 fully saturated rings. The summed E-state index contributed by atoms with van der Waals surface area (Å²) >= 11 is 0. The van der Waals surface area contributed by atoms with Gasteiger partial charge in [0.2, 0.25) is 0 Å². The predicted octanol–water partition coefficient (Wildman–Crippen LogP) is 3.12. The third-order valence-electron chi connectivity index (χ3n) is 4.83. The van der Waals surface area contributed by atoms with Crippen LogP contribution in [-0.2, 0) is 6.42 Å². The number of rotatable bonds is 3. The lowest BCUT2D eigenvalue weighted by Gasteiger charge is -2.32. The zero-order valence-corrected chi connectivity index (χ0v) is 14.0. The van der Waals surface area contributed by atoms with Crippen molar-refractivity contribution >= 4 is 16.8 Å². The minimum Gasteiger partial charge on any atom is -0.337 e. The van der Waals surface area contributed by atoms with Gasteiger partial charge in [0.05, 0.1) is 5.52 Å². The first-order chi connectivity index (χ1) is 12.3. The van der Waals surface area contributed by atoms with E-state index in [4.69, 9.17) is 0 Å². The summed E-state index contributed by atoms with van der Waals surface area (Å²) in [5, 5.41) is 1.17. The molecule has 0 N–H and O–H groups in total. The molecular formula is C20H20N4O. The van der Waals surface area contributed by atoms with Crippen LogP contribution in [0.4, 0.5) is 0 Å². The number of fused-ring (bicyclic) bond motifs is 1. The van der Waals surface area contributed by atoms with Gasteiger partial charge < -0.3 is 4.90 Å². The van der Waals surface area contributed by atoms with E-state index in [1.54, 1.807) is 12.3 Å². The van der Waals surface area contributed by atoms with Gasteiger partial charge in [-0.1, -0.05) is 24.3 Å². The van der Waals surface area contributed by atoms with Gasteiger partial charge in [-0.3, -0.25) is 9.78 Å². The monoisotopic (exact) mass is 332 g/mol. The van der Waals surface area contributed by atoms with Gasteiger partial charge in [0.25, 0.3) is 5.91 Å². The maximum Gasteiger partial charge on any atom is 0.272 e. The van der Waals surface area contributed by atoms with Gasteiger partial charge in [-0.25, -0.2) is 9.97 Å². The van der Waals surface area contributed by atoms with Gasteiger partial charge in [-0.15, -0.1) is 0 Å². The zero-order chi connectivity index (χ0) is 17.1. The molecule has 0 saturated carbocycles. The molecule has 4 rings (SSSR count). The molecule has 1 aromatic carbocycles. The molecule has 0 radical (unpaired) electrons. The summed E-state index contributed by atoms with van der Waals surface area (Å²) in [5.41, 5.74) is 2.81. The fourth-order valence-electron chi connectivity index (χ4n) is 3.64. The summed E-state index contributed by atoms with van der Waals surface area (Å²) in [7, 11) is 0. The number of para-hydroxylation sites is 1. The minimum atomic E-state index is 0.00291. The fourth-order valence-corrected chi connectivity index (χ4v) is 3.64. The molecule has 25 heavy (non-hydrogen) atoms. The highest BCUT2D eigenvalue weighted by Gasteiger charge is 2.25. The molecule has 1 saturated heterocycles. The van der Waals surface area contributed by atoms with Crippen molar-refractivity contribution in [1.82, 2.24) is 19.9 Å². The minimum absolute atomic E-state index is 0.00291. The van der Waals surface area contributed by atoms with Crippen molar-refractivity contribution in [2.75, 3.05) is 13.1 Å². The van der Waals surface area contributed by atoms with Crippen LogP contribution in [0.5, 0.6) is 0 Å². The molecule has 0 unspecified atom stereocenters. The largest absolute Gasteiger partial charge is 0.337 e. The van der Waals surface area contributed by atoms with E-state index in [1.165, 1.54) is 17.3 Å². The Labute approximate surface area is 146 Å². The van der Waals surface area contributed by atoms with Crippen LogP contribution in [0.3, 0.4) is 0 Å². The Morgan fingerprint density at radius 1 is 1.12 bits per heavy atom. The second kappa shape index (κ2) is 6.97. The number of nitrogens with zero attached hydrogens (tertiary/aromatic N) is 4. The Balaban J connectivity index is 1.51. The molecule has 0 aliphatic carbocycles. The number of carbonyl (C=O) groups excluding carboxylic acids is 1. The van der Waals surface area contributed by atoms with Gasteiger partial charge in [0.1, 0.15) is 12.0 Å². The summed E-state index contributed by atoms with van der Waals surface area (Å²) < 4.78 is 0. The van der Waals surface area contributed by atoms with Crippen LogP contribution in [0.2, 0.25) is 0 Å². The lowest BCUT2D eigenvalue weighted by molar-refractivity contribution is 0.0667. The van der Waals surface area contributed by atoms with Crippen LogP contribution < -0.4 is 0 Å². The van der Waals surface area contributed by atoms with Gasteiger partial charge >= 0.3 is 0 Å². The Hall–Kier alpha value is -2.82. The van der Waals surface area contributed by atoms with E-state index >= 15 is 0 Å². The molecule has 1 aliphatic heterocycles. The zero-order valence-electron chi connectivity index (χ0n) is 14.0. The Bertz CT molecular complexity index is 876. The Morgan fingerprint density at radius 3 is 2.92 bits per heavy atom. The van der Waals surface area contributed by atoms with Crippen molar-refractivity contribution in [1.29, 1.82) is 0 Å². The molecule has 0 spiro atoms. The lowest BCUT2D eigenvalue weighted by atomic mass is 9.90. The summed E-state index contributed by atoms with van der Waals surface area (Å²) in [5.74, 6) is 0.454.